The largest absolute Gasteiger partial charge is 0.456 e. The average Bonchev–Trinajstić information content (AvgIpc) is 3.67. The lowest BCUT2D eigenvalue weighted by atomic mass is 9.93. The molecule has 57 heavy (non-hydrogen) atoms. The molecule has 0 atom stereocenters. The van der Waals surface area contributed by atoms with Crippen LogP contribution in [0.4, 0.5) is 0 Å². The van der Waals surface area contributed by atoms with Crippen molar-refractivity contribution in [2.24, 2.45) is 0 Å². The number of furan rings is 1. The number of aromatic nitrogens is 4. The summed E-state index contributed by atoms with van der Waals surface area (Å²) >= 11 is 0. The molecule has 0 amide bonds. The lowest BCUT2D eigenvalue weighted by Gasteiger charge is -2.12. The van der Waals surface area contributed by atoms with E-state index in [4.69, 9.17) is 19.4 Å². The second kappa shape index (κ2) is 14.3. The van der Waals surface area contributed by atoms with Crippen LogP contribution in [0.1, 0.15) is 5.56 Å². The van der Waals surface area contributed by atoms with Crippen LogP contribution in [0.5, 0.6) is 0 Å². The Morgan fingerprint density at radius 3 is 1.39 bits per heavy atom. The van der Waals surface area contributed by atoms with E-state index < -0.39 is 0 Å². The number of fused-ring (bicyclic) bond motifs is 3. The van der Waals surface area contributed by atoms with E-state index in [9.17, 15) is 5.26 Å². The van der Waals surface area contributed by atoms with Gasteiger partial charge in [-0.3, -0.25) is 4.98 Å². The van der Waals surface area contributed by atoms with E-state index in [-0.39, 0.29) is 0 Å². The quantitative estimate of drug-likeness (QED) is 0.162. The minimum Gasteiger partial charge on any atom is -0.456 e. The molecule has 0 unspecified atom stereocenters. The summed E-state index contributed by atoms with van der Waals surface area (Å²) in [5.41, 5.74) is 13.3. The normalized spacial score (nSPS) is 11.1. The van der Waals surface area contributed by atoms with E-state index in [1.54, 1.807) is 12.3 Å². The molecule has 0 aliphatic rings. The van der Waals surface area contributed by atoms with Gasteiger partial charge in [0.25, 0.3) is 0 Å². The van der Waals surface area contributed by atoms with Gasteiger partial charge in [-0.15, -0.1) is 0 Å². The van der Waals surface area contributed by atoms with E-state index in [0.717, 1.165) is 77.6 Å². The van der Waals surface area contributed by atoms with Crippen molar-refractivity contribution >= 4 is 21.9 Å². The molecule has 10 aromatic rings. The van der Waals surface area contributed by atoms with E-state index in [1.807, 2.05) is 72.9 Å². The maximum atomic E-state index is 9.42. The van der Waals surface area contributed by atoms with Gasteiger partial charge in [0.2, 0.25) is 0 Å². The molecule has 6 heteroatoms. The summed E-state index contributed by atoms with van der Waals surface area (Å²) in [6, 6.07) is 61.8. The summed E-state index contributed by atoms with van der Waals surface area (Å²) in [7, 11) is 0. The standard InChI is InChI=1S/C51H31N5O/c52-31-33-13-23-45-46-24-22-40(30-48(46)57-47(45)26-33)43-27-42(28-44(29-43)41-12-7-25-53-32-41)36-16-20-39(21-17-36)51-55-49(37-10-5-2-6-11-37)54-50(56-51)38-18-14-35(15-19-38)34-8-3-1-4-9-34/h1-30,32H. The van der Waals surface area contributed by atoms with Gasteiger partial charge in [-0.2, -0.15) is 5.26 Å². The summed E-state index contributed by atoms with van der Waals surface area (Å²) in [5, 5.41) is 11.4. The van der Waals surface area contributed by atoms with Crippen molar-refractivity contribution in [3.8, 4) is 84.7 Å². The third kappa shape index (κ3) is 6.60. The Morgan fingerprint density at radius 2 is 0.807 bits per heavy atom. The Labute approximate surface area is 329 Å². The number of pyridine rings is 1. The third-order valence-corrected chi connectivity index (χ3v) is 10.3. The van der Waals surface area contributed by atoms with Crippen molar-refractivity contribution in [2.75, 3.05) is 0 Å². The first kappa shape index (κ1) is 33.6. The fourth-order valence-corrected chi connectivity index (χ4v) is 7.29. The predicted molar refractivity (Wildman–Crippen MR) is 228 cm³/mol. The molecule has 0 radical (unpaired) electrons. The topological polar surface area (TPSA) is 88.5 Å². The van der Waals surface area contributed by atoms with E-state index in [1.165, 1.54) is 0 Å². The van der Waals surface area contributed by atoms with Crippen molar-refractivity contribution in [2.45, 2.75) is 0 Å². The average molecular weight is 730 g/mol. The van der Waals surface area contributed by atoms with Gasteiger partial charge in [-0.1, -0.05) is 121 Å². The van der Waals surface area contributed by atoms with Gasteiger partial charge in [0.1, 0.15) is 11.2 Å². The van der Waals surface area contributed by atoms with Crippen molar-refractivity contribution in [3.05, 3.63) is 194 Å². The fourth-order valence-electron chi connectivity index (χ4n) is 7.29. The van der Waals surface area contributed by atoms with Gasteiger partial charge in [0.05, 0.1) is 11.6 Å². The molecule has 0 aliphatic heterocycles. The first-order valence-electron chi connectivity index (χ1n) is 18.7. The molecule has 0 saturated carbocycles. The zero-order valence-corrected chi connectivity index (χ0v) is 30.5. The van der Waals surface area contributed by atoms with E-state index in [2.05, 4.69) is 114 Å². The van der Waals surface area contributed by atoms with Gasteiger partial charge in [0, 0.05) is 45.4 Å². The number of hydrogen-bond acceptors (Lipinski definition) is 6. The first-order valence-corrected chi connectivity index (χ1v) is 18.7. The van der Waals surface area contributed by atoms with Crippen LogP contribution in [-0.2, 0) is 0 Å². The van der Waals surface area contributed by atoms with Gasteiger partial charge in [0.15, 0.2) is 17.5 Å². The monoisotopic (exact) mass is 729 g/mol. The highest BCUT2D eigenvalue weighted by molar-refractivity contribution is 6.06. The van der Waals surface area contributed by atoms with Gasteiger partial charge in [-0.25, -0.2) is 15.0 Å². The van der Waals surface area contributed by atoms with Crippen molar-refractivity contribution in [3.63, 3.8) is 0 Å². The van der Waals surface area contributed by atoms with Crippen LogP contribution < -0.4 is 0 Å². The molecular formula is C51H31N5O. The van der Waals surface area contributed by atoms with Crippen molar-refractivity contribution in [1.82, 2.24) is 19.9 Å². The second-order valence-electron chi connectivity index (χ2n) is 13.9. The summed E-state index contributed by atoms with van der Waals surface area (Å²) in [6.45, 7) is 0. The minimum absolute atomic E-state index is 0.572. The van der Waals surface area contributed by atoms with E-state index in [0.29, 0.717) is 28.6 Å². The van der Waals surface area contributed by atoms with Crippen molar-refractivity contribution < 1.29 is 4.42 Å². The van der Waals surface area contributed by atoms with Crippen molar-refractivity contribution in [1.29, 1.82) is 5.26 Å². The van der Waals surface area contributed by atoms with Crippen LogP contribution in [0.25, 0.3) is 101 Å². The summed E-state index contributed by atoms with van der Waals surface area (Å²) < 4.78 is 6.26. The maximum Gasteiger partial charge on any atom is 0.164 e. The Morgan fingerprint density at radius 1 is 0.368 bits per heavy atom. The molecule has 0 N–H and O–H groups in total. The molecule has 7 aromatic carbocycles. The minimum atomic E-state index is 0.572. The van der Waals surface area contributed by atoms with Gasteiger partial charge in [-0.05, 0) is 93.5 Å². The summed E-state index contributed by atoms with van der Waals surface area (Å²) in [5.74, 6) is 1.83. The molecule has 0 aliphatic carbocycles. The predicted octanol–water partition coefficient (Wildman–Crippen LogP) is 12.7. The number of rotatable bonds is 7. The molecule has 0 bridgehead atoms. The number of nitrogens with zero attached hydrogens (tertiary/aromatic N) is 5. The highest BCUT2D eigenvalue weighted by Crippen LogP contribution is 2.37. The Balaban J connectivity index is 1.04. The van der Waals surface area contributed by atoms with Crippen LogP contribution in [-0.4, -0.2) is 19.9 Å². The van der Waals surface area contributed by atoms with Gasteiger partial charge < -0.3 is 4.42 Å². The first-order chi connectivity index (χ1) is 28.1. The van der Waals surface area contributed by atoms with E-state index >= 15 is 0 Å². The molecule has 10 rings (SSSR count). The zero-order chi connectivity index (χ0) is 38.1. The van der Waals surface area contributed by atoms with Gasteiger partial charge >= 0.3 is 0 Å². The summed E-state index contributed by atoms with van der Waals surface area (Å²) in [6.07, 6.45) is 3.68. The van der Waals surface area contributed by atoms with Crippen LogP contribution in [0, 0.1) is 11.3 Å². The molecule has 6 nitrogen and oxygen atoms in total. The SMILES string of the molecule is N#Cc1ccc2c(c1)oc1cc(-c3cc(-c4ccc(-c5nc(-c6ccccc6)nc(-c6ccc(-c7ccccc7)cc6)n5)cc4)cc(-c4cccnc4)c3)ccc12. The third-order valence-electron chi connectivity index (χ3n) is 10.3. The van der Waals surface area contributed by atoms with Crippen LogP contribution in [0.15, 0.2) is 193 Å². The smallest absolute Gasteiger partial charge is 0.164 e. The number of nitriles is 1. The lowest BCUT2D eigenvalue weighted by Crippen LogP contribution is -2.00. The van der Waals surface area contributed by atoms with Crippen LogP contribution >= 0.6 is 0 Å². The number of benzene rings is 7. The Kier molecular flexibility index (Phi) is 8.44. The molecule has 3 heterocycles. The highest BCUT2D eigenvalue weighted by Gasteiger charge is 2.15. The molecule has 0 saturated heterocycles. The number of hydrogen-bond donors (Lipinski definition) is 0. The van der Waals surface area contributed by atoms with Crippen LogP contribution in [0.3, 0.4) is 0 Å². The highest BCUT2D eigenvalue weighted by atomic mass is 16.3. The summed E-state index contributed by atoms with van der Waals surface area (Å²) in [4.78, 5) is 19.3. The molecule has 3 aromatic heterocycles. The second-order valence-corrected chi connectivity index (χ2v) is 13.9. The maximum absolute atomic E-state index is 9.42. The Bertz CT molecular complexity index is 3100. The van der Waals surface area contributed by atoms with Crippen LogP contribution in [0.2, 0.25) is 0 Å². The molecular weight excluding hydrogens is 699 g/mol. The zero-order valence-electron chi connectivity index (χ0n) is 30.5. The molecule has 0 spiro atoms. The Hall–Kier alpha value is -8.01. The fraction of sp³-hybridized carbons (Fsp3) is 0. The lowest BCUT2D eigenvalue weighted by molar-refractivity contribution is 0.669. The molecule has 266 valence electrons. The molecule has 0 fully saturated rings.